The van der Waals surface area contributed by atoms with Crippen LogP contribution < -0.4 is 0 Å². The first-order valence-corrected chi connectivity index (χ1v) is 5.60. The van der Waals surface area contributed by atoms with Gasteiger partial charge in [-0.1, -0.05) is 48.8 Å². The normalized spacial score (nSPS) is 24.5. The molecule has 0 aromatic heterocycles. The number of hydrogen-bond acceptors (Lipinski definition) is 0. The van der Waals surface area contributed by atoms with E-state index in [1.165, 1.54) is 22.0 Å². The second-order valence-corrected chi connectivity index (χ2v) is 5.45. The van der Waals surface area contributed by atoms with Crippen molar-refractivity contribution in [2.45, 2.75) is 32.6 Å². The van der Waals surface area contributed by atoms with E-state index in [1.54, 1.807) is 0 Å². The van der Waals surface area contributed by atoms with Gasteiger partial charge >= 0.3 is 0 Å². The Labute approximate surface area is 88.5 Å². The van der Waals surface area contributed by atoms with Gasteiger partial charge in [0.15, 0.2) is 0 Å². The van der Waals surface area contributed by atoms with Gasteiger partial charge in [-0.15, -0.1) is 0 Å². The third-order valence-corrected chi connectivity index (χ3v) is 4.30. The maximum Gasteiger partial charge on any atom is 0.0210 e. The molecule has 0 nitrogen and oxygen atoms in total. The molecule has 0 radical (unpaired) electrons. The van der Waals surface area contributed by atoms with Crippen molar-refractivity contribution in [3.63, 3.8) is 0 Å². The summed E-state index contributed by atoms with van der Waals surface area (Å²) >= 11 is 3.63. The van der Waals surface area contributed by atoms with E-state index in [1.807, 2.05) is 0 Å². The van der Waals surface area contributed by atoms with Crippen LogP contribution >= 0.6 is 15.9 Å². The van der Waals surface area contributed by atoms with Crippen LogP contribution in [0, 0.1) is 5.92 Å². The monoisotopic (exact) mass is 238 g/mol. The molecule has 0 amide bonds. The molecule has 0 fully saturated rings. The fourth-order valence-corrected chi connectivity index (χ4v) is 2.72. The Morgan fingerprint density at radius 3 is 2.69 bits per heavy atom. The van der Waals surface area contributed by atoms with Crippen LogP contribution in [-0.2, 0) is 11.8 Å². The predicted molar refractivity (Wildman–Crippen MR) is 60.0 cm³/mol. The van der Waals surface area contributed by atoms with Crippen molar-refractivity contribution < 1.29 is 0 Å². The summed E-state index contributed by atoms with van der Waals surface area (Å²) in [6.07, 6.45) is 1.21. The van der Waals surface area contributed by atoms with Crippen LogP contribution in [0.4, 0.5) is 0 Å². The minimum absolute atomic E-state index is 0.346. The Hall–Kier alpha value is -0.300. The number of rotatable bonds is 0. The molecule has 1 aliphatic carbocycles. The van der Waals surface area contributed by atoms with E-state index in [-0.39, 0.29) is 0 Å². The maximum absolute atomic E-state index is 3.63. The minimum Gasteiger partial charge on any atom is -0.0614 e. The molecule has 0 saturated carbocycles. The molecule has 0 heterocycles. The van der Waals surface area contributed by atoms with Gasteiger partial charge in [-0.3, -0.25) is 0 Å². The van der Waals surface area contributed by atoms with E-state index in [2.05, 4.69) is 54.9 Å². The van der Waals surface area contributed by atoms with Gasteiger partial charge < -0.3 is 0 Å². The molecule has 0 aliphatic heterocycles. The molecule has 1 heteroatoms. The summed E-state index contributed by atoms with van der Waals surface area (Å²) in [6, 6.07) is 6.55. The Kier molecular flexibility index (Phi) is 2.03. The largest absolute Gasteiger partial charge is 0.0614 e. The Bertz CT molecular complexity index is 339. The van der Waals surface area contributed by atoms with Gasteiger partial charge in [-0.25, -0.2) is 0 Å². The van der Waals surface area contributed by atoms with Crippen molar-refractivity contribution in [3.05, 3.63) is 33.8 Å². The molecule has 1 atom stereocenters. The van der Waals surface area contributed by atoms with Crippen LogP contribution in [0.15, 0.2) is 22.7 Å². The fourth-order valence-electron chi connectivity index (χ4n) is 2.20. The Morgan fingerprint density at radius 2 is 2.08 bits per heavy atom. The number of fused-ring (bicyclic) bond motifs is 1. The average molecular weight is 239 g/mol. The summed E-state index contributed by atoms with van der Waals surface area (Å²) in [7, 11) is 0. The smallest absolute Gasteiger partial charge is 0.0210 e. The average Bonchev–Trinajstić information content (AvgIpc) is 2.28. The first-order chi connectivity index (χ1) is 6.03. The molecule has 70 valence electrons. The van der Waals surface area contributed by atoms with Gasteiger partial charge in [-0.2, -0.15) is 0 Å². The lowest BCUT2D eigenvalue weighted by atomic mass is 9.80. The van der Waals surface area contributed by atoms with Crippen LogP contribution in [0.2, 0.25) is 0 Å². The van der Waals surface area contributed by atoms with E-state index in [0.29, 0.717) is 5.41 Å². The summed E-state index contributed by atoms with van der Waals surface area (Å²) in [5.41, 5.74) is 3.38. The zero-order valence-corrected chi connectivity index (χ0v) is 9.98. The zero-order chi connectivity index (χ0) is 9.64. The second-order valence-electron chi connectivity index (χ2n) is 4.59. The van der Waals surface area contributed by atoms with E-state index < -0.39 is 0 Å². The van der Waals surface area contributed by atoms with Crippen molar-refractivity contribution >= 4 is 15.9 Å². The standard InChI is InChI=1S/C12H15Br/c1-8-7-9-10(12(8,2)3)5-4-6-11(9)13/h4-6,8H,7H2,1-3H3/t8-/m0/s1. The van der Waals surface area contributed by atoms with Gasteiger partial charge in [0.25, 0.3) is 0 Å². The number of hydrogen-bond donors (Lipinski definition) is 0. The van der Waals surface area contributed by atoms with Gasteiger partial charge in [-0.05, 0) is 34.9 Å². The van der Waals surface area contributed by atoms with Crippen LogP contribution in [0.5, 0.6) is 0 Å². The van der Waals surface area contributed by atoms with Crippen molar-refractivity contribution in [2.75, 3.05) is 0 Å². The first-order valence-electron chi connectivity index (χ1n) is 4.81. The topological polar surface area (TPSA) is 0 Å². The van der Waals surface area contributed by atoms with E-state index in [9.17, 15) is 0 Å². The molecule has 0 unspecified atom stereocenters. The van der Waals surface area contributed by atoms with Crippen LogP contribution in [0.1, 0.15) is 31.9 Å². The first kappa shape index (κ1) is 9.26. The molecule has 0 spiro atoms. The summed E-state index contributed by atoms with van der Waals surface area (Å²) in [5.74, 6) is 0.751. The third-order valence-electron chi connectivity index (χ3n) is 3.56. The maximum atomic E-state index is 3.63. The molecule has 1 aromatic rings. The second kappa shape index (κ2) is 2.84. The molecular formula is C12H15Br. The molecule has 0 saturated heterocycles. The predicted octanol–water partition coefficient (Wildman–Crippen LogP) is 3.92. The molecule has 1 aliphatic rings. The molecular weight excluding hydrogens is 224 g/mol. The van der Waals surface area contributed by atoms with Crippen LogP contribution in [0.25, 0.3) is 0 Å². The fraction of sp³-hybridized carbons (Fsp3) is 0.500. The van der Waals surface area contributed by atoms with Crippen LogP contribution in [0.3, 0.4) is 0 Å². The highest BCUT2D eigenvalue weighted by Gasteiger charge is 2.36. The van der Waals surface area contributed by atoms with Crippen molar-refractivity contribution in [3.8, 4) is 0 Å². The Morgan fingerprint density at radius 1 is 1.38 bits per heavy atom. The summed E-state index contributed by atoms with van der Waals surface area (Å²) in [5, 5.41) is 0. The highest BCUT2D eigenvalue weighted by atomic mass is 79.9. The van der Waals surface area contributed by atoms with Crippen molar-refractivity contribution in [2.24, 2.45) is 5.92 Å². The Balaban J connectivity index is 2.61. The van der Waals surface area contributed by atoms with Gasteiger partial charge in [0.2, 0.25) is 0 Å². The minimum atomic E-state index is 0.346. The van der Waals surface area contributed by atoms with E-state index in [4.69, 9.17) is 0 Å². The van der Waals surface area contributed by atoms with E-state index >= 15 is 0 Å². The quantitative estimate of drug-likeness (QED) is 0.643. The summed E-state index contributed by atoms with van der Waals surface area (Å²) in [6.45, 7) is 7.03. The van der Waals surface area contributed by atoms with Crippen LogP contribution in [-0.4, -0.2) is 0 Å². The highest BCUT2D eigenvalue weighted by Crippen LogP contribution is 2.44. The number of halogens is 1. The summed E-state index contributed by atoms with van der Waals surface area (Å²) in [4.78, 5) is 0. The van der Waals surface area contributed by atoms with E-state index in [0.717, 1.165) is 5.92 Å². The zero-order valence-electron chi connectivity index (χ0n) is 8.39. The molecule has 0 bridgehead atoms. The van der Waals surface area contributed by atoms with Gasteiger partial charge in [0, 0.05) is 4.47 Å². The lowest BCUT2D eigenvalue weighted by molar-refractivity contribution is 0.379. The molecule has 13 heavy (non-hydrogen) atoms. The SMILES string of the molecule is C[C@H]1Cc2c(Br)cccc2C1(C)C. The highest BCUT2D eigenvalue weighted by molar-refractivity contribution is 9.10. The van der Waals surface area contributed by atoms with Crippen molar-refractivity contribution in [1.82, 2.24) is 0 Å². The van der Waals surface area contributed by atoms with Crippen molar-refractivity contribution in [1.29, 1.82) is 0 Å². The number of benzene rings is 1. The molecule has 1 aromatic carbocycles. The van der Waals surface area contributed by atoms with Gasteiger partial charge in [0.1, 0.15) is 0 Å². The molecule has 2 rings (SSSR count). The lowest BCUT2D eigenvalue weighted by Crippen LogP contribution is -2.21. The molecule has 0 N–H and O–H groups in total. The lowest BCUT2D eigenvalue weighted by Gasteiger charge is -2.24. The summed E-state index contributed by atoms with van der Waals surface area (Å²) < 4.78 is 1.28. The third kappa shape index (κ3) is 1.25. The van der Waals surface area contributed by atoms with Gasteiger partial charge in [0.05, 0.1) is 0 Å².